The van der Waals surface area contributed by atoms with Crippen molar-refractivity contribution in [3.05, 3.63) is 23.6 Å². The minimum Gasteiger partial charge on any atom is -0.478 e. The number of hydrogen-bond acceptors (Lipinski definition) is 4. The van der Waals surface area contributed by atoms with Gasteiger partial charge >= 0.3 is 5.97 Å². The third-order valence-corrected chi connectivity index (χ3v) is 1.86. The van der Waals surface area contributed by atoms with Gasteiger partial charge in [-0.2, -0.15) is 0 Å². The fourth-order valence-electron chi connectivity index (χ4n) is 1.17. The number of likely N-dealkylation sites (N-methyl/N-ethyl adjacent to an activating group) is 1. The Morgan fingerprint density at radius 2 is 2.25 bits per heavy atom. The zero-order valence-electron chi connectivity index (χ0n) is 8.48. The predicted octanol–water partition coefficient (Wildman–Crippen LogP) is -0.160. The van der Waals surface area contributed by atoms with Gasteiger partial charge < -0.3 is 15.7 Å². The van der Waals surface area contributed by atoms with Gasteiger partial charge in [-0.05, 0) is 6.07 Å². The van der Waals surface area contributed by atoms with Gasteiger partial charge in [0.2, 0.25) is 5.91 Å². The van der Waals surface area contributed by atoms with Gasteiger partial charge in [0.25, 0.3) is 0 Å². The molecule has 0 radical (unpaired) electrons. The summed E-state index contributed by atoms with van der Waals surface area (Å²) in [4.78, 5) is 26.1. The van der Waals surface area contributed by atoms with E-state index in [0.29, 0.717) is 0 Å². The van der Waals surface area contributed by atoms with E-state index in [1.165, 1.54) is 7.05 Å². The molecule has 1 heterocycles. The lowest BCUT2D eigenvalue weighted by Gasteiger charge is -2.16. The van der Waals surface area contributed by atoms with Crippen LogP contribution in [0.5, 0.6) is 0 Å². The summed E-state index contributed by atoms with van der Waals surface area (Å²) >= 11 is 0. The SMILES string of the molecule is CN(CC(N)=O)c1nccc(C(=O)O)c1F. The third kappa shape index (κ3) is 2.44. The van der Waals surface area contributed by atoms with Crippen LogP contribution < -0.4 is 10.6 Å². The number of carboxylic acids is 1. The Hall–Kier alpha value is -2.18. The first kappa shape index (κ1) is 11.9. The van der Waals surface area contributed by atoms with Gasteiger partial charge in [0.05, 0.1) is 6.54 Å². The van der Waals surface area contributed by atoms with Crippen LogP contribution in [0, 0.1) is 5.82 Å². The zero-order valence-corrected chi connectivity index (χ0v) is 8.48. The number of anilines is 1. The lowest BCUT2D eigenvalue weighted by atomic mass is 10.2. The van der Waals surface area contributed by atoms with E-state index in [0.717, 1.165) is 17.2 Å². The summed E-state index contributed by atoms with van der Waals surface area (Å²) in [6.45, 7) is -0.243. The smallest absolute Gasteiger partial charge is 0.338 e. The van der Waals surface area contributed by atoms with E-state index < -0.39 is 23.3 Å². The van der Waals surface area contributed by atoms with Crippen molar-refractivity contribution in [3.63, 3.8) is 0 Å². The molecule has 1 rings (SSSR count). The third-order valence-electron chi connectivity index (χ3n) is 1.86. The molecule has 86 valence electrons. The lowest BCUT2D eigenvalue weighted by molar-refractivity contribution is -0.116. The molecule has 1 aromatic rings. The Labute approximate surface area is 90.5 Å². The van der Waals surface area contributed by atoms with Crippen molar-refractivity contribution in [2.75, 3.05) is 18.5 Å². The summed E-state index contributed by atoms with van der Waals surface area (Å²) in [5.74, 6) is -3.27. The van der Waals surface area contributed by atoms with Crippen LogP contribution in [0.25, 0.3) is 0 Å². The number of aromatic nitrogens is 1. The fourth-order valence-corrected chi connectivity index (χ4v) is 1.17. The number of nitrogens with two attached hydrogens (primary N) is 1. The first-order valence-corrected chi connectivity index (χ1v) is 4.30. The second-order valence-corrected chi connectivity index (χ2v) is 3.12. The van der Waals surface area contributed by atoms with Crippen LogP contribution >= 0.6 is 0 Å². The number of carbonyl (C=O) groups excluding carboxylic acids is 1. The van der Waals surface area contributed by atoms with Crippen LogP contribution in [-0.2, 0) is 4.79 Å². The maximum atomic E-state index is 13.6. The predicted molar refractivity (Wildman–Crippen MR) is 53.6 cm³/mol. The second kappa shape index (κ2) is 4.56. The van der Waals surface area contributed by atoms with Crippen molar-refractivity contribution in [1.82, 2.24) is 4.98 Å². The highest BCUT2D eigenvalue weighted by molar-refractivity contribution is 5.89. The van der Waals surface area contributed by atoms with Crippen molar-refractivity contribution in [3.8, 4) is 0 Å². The molecule has 0 unspecified atom stereocenters. The van der Waals surface area contributed by atoms with E-state index in [9.17, 15) is 14.0 Å². The molecular formula is C9H10FN3O3. The Kier molecular flexibility index (Phi) is 3.39. The minimum atomic E-state index is -1.39. The molecule has 0 fully saturated rings. The van der Waals surface area contributed by atoms with Crippen molar-refractivity contribution in [2.24, 2.45) is 5.73 Å². The first-order valence-electron chi connectivity index (χ1n) is 4.30. The molecule has 0 aliphatic carbocycles. The van der Waals surface area contributed by atoms with E-state index in [1.807, 2.05) is 0 Å². The largest absolute Gasteiger partial charge is 0.478 e. The number of carbonyl (C=O) groups is 2. The average molecular weight is 227 g/mol. The Bertz CT molecular complexity index is 436. The summed E-state index contributed by atoms with van der Waals surface area (Å²) < 4.78 is 13.6. The quantitative estimate of drug-likeness (QED) is 0.745. The molecule has 0 aliphatic heterocycles. The number of amides is 1. The molecule has 6 nitrogen and oxygen atoms in total. The molecule has 1 amide bonds. The number of pyridine rings is 1. The number of halogens is 1. The second-order valence-electron chi connectivity index (χ2n) is 3.12. The molecule has 0 bridgehead atoms. The summed E-state index contributed by atoms with van der Waals surface area (Å²) in [6.07, 6.45) is 1.15. The number of aromatic carboxylic acids is 1. The van der Waals surface area contributed by atoms with Crippen LogP contribution in [0.15, 0.2) is 12.3 Å². The molecule has 0 saturated carbocycles. The van der Waals surface area contributed by atoms with Gasteiger partial charge in [-0.25, -0.2) is 14.2 Å². The summed E-state index contributed by atoms with van der Waals surface area (Å²) in [5, 5.41) is 8.68. The van der Waals surface area contributed by atoms with E-state index in [1.54, 1.807) is 0 Å². The van der Waals surface area contributed by atoms with Crippen LogP contribution in [0.4, 0.5) is 10.2 Å². The van der Waals surface area contributed by atoms with E-state index in [4.69, 9.17) is 10.8 Å². The number of primary amides is 1. The highest BCUT2D eigenvalue weighted by Crippen LogP contribution is 2.17. The van der Waals surface area contributed by atoms with Gasteiger partial charge in [-0.1, -0.05) is 0 Å². The van der Waals surface area contributed by atoms with Gasteiger partial charge in [-0.3, -0.25) is 4.79 Å². The fraction of sp³-hybridized carbons (Fsp3) is 0.222. The van der Waals surface area contributed by atoms with Crippen LogP contribution in [0.1, 0.15) is 10.4 Å². The standard InChI is InChI=1S/C9H10FN3O3/c1-13(4-6(11)14)8-7(10)5(9(15)16)2-3-12-8/h2-3H,4H2,1H3,(H2,11,14)(H,15,16). The molecular weight excluding hydrogens is 217 g/mol. The minimum absolute atomic E-state index is 0.223. The highest BCUT2D eigenvalue weighted by atomic mass is 19.1. The summed E-state index contributed by atoms with van der Waals surface area (Å²) in [5.41, 5.74) is 4.43. The molecule has 0 aliphatic rings. The molecule has 7 heteroatoms. The van der Waals surface area contributed by atoms with Crippen molar-refractivity contribution in [1.29, 1.82) is 0 Å². The molecule has 0 aromatic carbocycles. The van der Waals surface area contributed by atoms with Crippen LogP contribution in [-0.4, -0.2) is 35.6 Å². The van der Waals surface area contributed by atoms with Gasteiger partial charge in [-0.15, -0.1) is 0 Å². The molecule has 3 N–H and O–H groups in total. The number of rotatable bonds is 4. The number of carboxylic acid groups (broad SMARTS) is 1. The summed E-state index contributed by atoms with van der Waals surface area (Å²) in [7, 11) is 1.39. The lowest BCUT2D eigenvalue weighted by Crippen LogP contribution is -2.32. The average Bonchev–Trinajstić information content (AvgIpc) is 2.16. The van der Waals surface area contributed by atoms with E-state index in [-0.39, 0.29) is 12.4 Å². The maximum absolute atomic E-state index is 13.6. The van der Waals surface area contributed by atoms with E-state index in [2.05, 4.69) is 4.98 Å². The topological polar surface area (TPSA) is 96.5 Å². The van der Waals surface area contributed by atoms with E-state index >= 15 is 0 Å². The molecule has 1 aromatic heterocycles. The molecule has 0 atom stereocenters. The normalized spacial score (nSPS) is 9.88. The van der Waals surface area contributed by atoms with Crippen LogP contribution in [0.3, 0.4) is 0 Å². The van der Waals surface area contributed by atoms with Crippen molar-refractivity contribution >= 4 is 17.7 Å². The van der Waals surface area contributed by atoms with Crippen molar-refractivity contribution in [2.45, 2.75) is 0 Å². The molecule has 16 heavy (non-hydrogen) atoms. The van der Waals surface area contributed by atoms with Gasteiger partial charge in [0.15, 0.2) is 11.6 Å². The maximum Gasteiger partial charge on any atom is 0.338 e. The molecule has 0 spiro atoms. The number of nitrogens with zero attached hydrogens (tertiary/aromatic N) is 2. The Morgan fingerprint density at radius 1 is 1.62 bits per heavy atom. The Morgan fingerprint density at radius 3 is 2.75 bits per heavy atom. The summed E-state index contributed by atoms with van der Waals surface area (Å²) in [6, 6.07) is 1.04. The highest BCUT2D eigenvalue weighted by Gasteiger charge is 2.18. The molecule has 0 saturated heterocycles. The monoisotopic (exact) mass is 227 g/mol. The Balaban J connectivity index is 3.10. The van der Waals surface area contributed by atoms with Crippen molar-refractivity contribution < 1.29 is 19.1 Å². The first-order chi connectivity index (χ1) is 7.43. The zero-order chi connectivity index (χ0) is 12.3. The van der Waals surface area contributed by atoms with Gasteiger partial charge in [0.1, 0.15) is 5.56 Å². The van der Waals surface area contributed by atoms with Crippen LogP contribution in [0.2, 0.25) is 0 Å². The number of hydrogen-bond donors (Lipinski definition) is 2. The van der Waals surface area contributed by atoms with Gasteiger partial charge in [0, 0.05) is 13.2 Å².